The van der Waals surface area contributed by atoms with E-state index in [9.17, 15) is 0 Å². The maximum atomic E-state index is 6.44. The molecule has 1 N–H and O–H groups in total. The maximum Gasteiger partial charge on any atom is 0.231 e. The van der Waals surface area contributed by atoms with Crippen molar-refractivity contribution in [1.82, 2.24) is 15.0 Å². The van der Waals surface area contributed by atoms with Crippen LogP contribution < -0.4 is 10.2 Å². The zero-order valence-corrected chi connectivity index (χ0v) is 20.2. The predicted octanol–water partition coefficient (Wildman–Crippen LogP) is 7.16. The minimum atomic E-state index is -0.0162. The van der Waals surface area contributed by atoms with E-state index in [1.165, 1.54) is 83.5 Å². The van der Waals surface area contributed by atoms with Gasteiger partial charge in [-0.2, -0.15) is 15.0 Å². The van der Waals surface area contributed by atoms with Crippen molar-refractivity contribution in [2.45, 2.75) is 135 Å². The Morgan fingerprint density at radius 2 is 1.50 bits per heavy atom. The van der Waals surface area contributed by atoms with Crippen molar-refractivity contribution in [3.63, 3.8) is 0 Å². The topological polar surface area (TPSA) is 53.9 Å². The molecule has 1 unspecified atom stereocenters. The number of hydrogen-bond acceptors (Lipinski definition) is 5. The van der Waals surface area contributed by atoms with Crippen LogP contribution in [0.15, 0.2) is 0 Å². The fourth-order valence-electron chi connectivity index (χ4n) is 5.22. The van der Waals surface area contributed by atoms with Crippen molar-refractivity contribution in [2.75, 3.05) is 10.2 Å². The van der Waals surface area contributed by atoms with Gasteiger partial charge in [-0.3, -0.25) is 0 Å². The Morgan fingerprint density at radius 3 is 2.03 bits per heavy atom. The molecule has 1 aromatic heterocycles. The van der Waals surface area contributed by atoms with Crippen LogP contribution in [-0.2, 0) is 0 Å². The number of aromatic nitrogens is 3. The monoisotopic (exact) mass is 435 g/mol. The molecule has 2 aliphatic carbocycles. The lowest BCUT2D eigenvalue weighted by Gasteiger charge is -2.42. The molecule has 170 valence electrons. The first-order chi connectivity index (χ1) is 14.5. The molecule has 3 rings (SSSR count). The summed E-state index contributed by atoms with van der Waals surface area (Å²) < 4.78 is 0. The molecule has 1 atom stereocenters. The Hall–Kier alpha value is -1.10. The van der Waals surface area contributed by atoms with E-state index in [0.717, 1.165) is 18.8 Å². The Kier molecular flexibility index (Phi) is 9.03. The van der Waals surface area contributed by atoms with Crippen LogP contribution in [0.3, 0.4) is 0 Å². The van der Waals surface area contributed by atoms with Crippen molar-refractivity contribution >= 4 is 23.5 Å². The van der Waals surface area contributed by atoms with Crippen LogP contribution in [0.25, 0.3) is 0 Å². The van der Waals surface area contributed by atoms with Gasteiger partial charge < -0.3 is 10.2 Å². The molecule has 2 aliphatic rings. The Bertz CT molecular complexity index is 624. The first-order valence-electron chi connectivity index (χ1n) is 12.5. The van der Waals surface area contributed by atoms with E-state index in [1.807, 2.05) is 0 Å². The van der Waals surface area contributed by atoms with Crippen molar-refractivity contribution in [1.29, 1.82) is 0 Å². The minimum absolute atomic E-state index is 0.0162. The van der Waals surface area contributed by atoms with Gasteiger partial charge in [0.2, 0.25) is 17.2 Å². The summed E-state index contributed by atoms with van der Waals surface area (Å²) >= 11 is 6.44. The second kappa shape index (κ2) is 11.5. The third kappa shape index (κ3) is 6.45. The van der Waals surface area contributed by atoms with Crippen LogP contribution in [0, 0.1) is 0 Å². The predicted molar refractivity (Wildman–Crippen MR) is 128 cm³/mol. The highest BCUT2D eigenvalue weighted by Crippen LogP contribution is 2.34. The molecule has 0 radical (unpaired) electrons. The van der Waals surface area contributed by atoms with Crippen molar-refractivity contribution in [2.24, 2.45) is 0 Å². The molecule has 0 spiro atoms. The van der Waals surface area contributed by atoms with E-state index in [1.54, 1.807) is 0 Å². The summed E-state index contributed by atoms with van der Waals surface area (Å²) in [5.41, 5.74) is -0.0162. The fourth-order valence-corrected chi connectivity index (χ4v) is 5.37. The van der Waals surface area contributed by atoms with Crippen LogP contribution in [0.2, 0.25) is 5.28 Å². The van der Waals surface area contributed by atoms with Gasteiger partial charge in [-0.1, -0.05) is 71.6 Å². The van der Waals surface area contributed by atoms with Crippen LogP contribution in [-0.4, -0.2) is 32.6 Å². The average molecular weight is 436 g/mol. The lowest BCUT2D eigenvalue weighted by molar-refractivity contribution is 0.335. The van der Waals surface area contributed by atoms with E-state index < -0.39 is 0 Å². The Morgan fingerprint density at radius 1 is 0.900 bits per heavy atom. The normalized spacial score (nSPS) is 20.7. The van der Waals surface area contributed by atoms with Gasteiger partial charge in [-0.05, 0) is 57.0 Å². The van der Waals surface area contributed by atoms with Gasteiger partial charge >= 0.3 is 0 Å². The van der Waals surface area contributed by atoms with Gasteiger partial charge in [0, 0.05) is 17.6 Å². The number of rotatable bonds is 10. The van der Waals surface area contributed by atoms with Crippen LogP contribution in [0.1, 0.15) is 117 Å². The molecular weight excluding hydrogens is 394 g/mol. The molecule has 0 saturated heterocycles. The molecule has 2 saturated carbocycles. The molecule has 0 amide bonds. The summed E-state index contributed by atoms with van der Waals surface area (Å²) in [5, 5.41) is 3.94. The fraction of sp³-hybridized carbons (Fsp3) is 0.875. The third-order valence-corrected chi connectivity index (χ3v) is 7.46. The maximum absolute atomic E-state index is 6.44. The first-order valence-corrected chi connectivity index (χ1v) is 12.9. The molecule has 1 heterocycles. The van der Waals surface area contributed by atoms with Gasteiger partial charge in [0.25, 0.3) is 0 Å². The molecule has 0 bridgehead atoms. The highest BCUT2D eigenvalue weighted by atomic mass is 35.5. The lowest BCUT2D eigenvalue weighted by atomic mass is 9.89. The molecule has 5 nitrogen and oxygen atoms in total. The molecule has 2 fully saturated rings. The number of nitrogens with zero attached hydrogens (tertiary/aromatic N) is 4. The van der Waals surface area contributed by atoms with Crippen molar-refractivity contribution < 1.29 is 0 Å². The first kappa shape index (κ1) is 23.6. The summed E-state index contributed by atoms with van der Waals surface area (Å²) in [5.74, 6) is 1.44. The summed E-state index contributed by atoms with van der Waals surface area (Å²) in [6, 6.07) is 1.07. The smallest absolute Gasteiger partial charge is 0.231 e. The van der Waals surface area contributed by atoms with Crippen molar-refractivity contribution in [3.8, 4) is 0 Å². The zero-order valence-electron chi connectivity index (χ0n) is 19.4. The van der Waals surface area contributed by atoms with Crippen molar-refractivity contribution in [3.05, 3.63) is 5.28 Å². The number of halogens is 1. The van der Waals surface area contributed by atoms with Gasteiger partial charge in [-0.15, -0.1) is 0 Å². The van der Waals surface area contributed by atoms with Gasteiger partial charge in [0.05, 0.1) is 0 Å². The van der Waals surface area contributed by atoms with E-state index in [0.29, 0.717) is 23.3 Å². The van der Waals surface area contributed by atoms with E-state index in [4.69, 9.17) is 16.6 Å². The lowest BCUT2D eigenvalue weighted by Crippen LogP contribution is -2.46. The number of hydrogen-bond donors (Lipinski definition) is 1. The second-order valence-electron chi connectivity index (χ2n) is 9.72. The summed E-state index contributed by atoms with van der Waals surface area (Å²) in [6.45, 7) is 6.76. The van der Waals surface area contributed by atoms with Crippen LogP contribution in [0.4, 0.5) is 11.9 Å². The highest BCUT2D eigenvalue weighted by molar-refractivity contribution is 6.28. The van der Waals surface area contributed by atoms with Crippen LogP contribution >= 0.6 is 11.6 Å². The highest BCUT2D eigenvalue weighted by Gasteiger charge is 2.32. The quantitative estimate of drug-likeness (QED) is 0.395. The van der Waals surface area contributed by atoms with Gasteiger partial charge in [-0.25, -0.2) is 0 Å². The Labute approximate surface area is 188 Å². The Balaban J connectivity index is 1.84. The zero-order chi connectivity index (χ0) is 21.4. The molecule has 0 aromatic carbocycles. The third-order valence-electron chi connectivity index (χ3n) is 7.29. The summed E-state index contributed by atoms with van der Waals surface area (Å²) in [4.78, 5) is 16.6. The SMILES string of the molecule is CCCCCC(C)(CC)Nc1nc(Cl)nc(N(C2CCCCC2)C2CCCCC2)n1. The summed E-state index contributed by atoms with van der Waals surface area (Å²) in [6.07, 6.45) is 18.8. The molecule has 30 heavy (non-hydrogen) atoms. The van der Waals surface area contributed by atoms with Gasteiger partial charge in [0.1, 0.15) is 0 Å². The second-order valence-corrected chi connectivity index (χ2v) is 10.1. The molecule has 6 heteroatoms. The summed E-state index contributed by atoms with van der Waals surface area (Å²) in [7, 11) is 0. The minimum Gasteiger partial charge on any atom is -0.349 e. The molecule has 0 aliphatic heterocycles. The number of unbranched alkanes of at least 4 members (excludes halogenated alkanes) is 2. The largest absolute Gasteiger partial charge is 0.349 e. The molecule has 1 aromatic rings. The molecular formula is C24H42ClN5. The number of nitrogens with one attached hydrogen (secondary N) is 1. The van der Waals surface area contributed by atoms with Gasteiger partial charge in [0.15, 0.2) is 0 Å². The standard InChI is InChI=1S/C24H42ClN5/c1-4-6-13-18-24(3,5-2)29-22-26-21(25)27-23(28-22)30(19-14-9-7-10-15-19)20-16-11-8-12-17-20/h19-20H,4-18H2,1-3H3,(H,26,27,28,29). The average Bonchev–Trinajstić information content (AvgIpc) is 2.75. The number of anilines is 2. The van der Waals surface area contributed by atoms with E-state index in [2.05, 4.69) is 41.0 Å². The van der Waals surface area contributed by atoms with E-state index in [-0.39, 0.29) is 5.54 Å². The van der Waals surface area contributed by atoms with Crippen LogP contribution in [0.5, 0.6) is 0 Å². The van der Waals surface area contributed by atoms with E-state index >= 15 is 0 Å².